The molecule has 1 heterocycles. The highest BCUT2D eigenvalue weighted by molar-refractivity contribution is 7.88. The van der Waals surface area contributed by atoms with E-state index in [4.69, 9.17) is 4.52 Å². The van der Waals surface area contributed by atoms with Crippen molar-refractivity contribution in [2.24, 2.45) is 0 Å². The van der Waals surface area contributed by atoms with Gasteiger partial charge in [0.05, 0.1) is 11.3 Å². The van der Waals surface area contributed by atoms with Crippen LogP contribution in [0.1, 0.15) is 11.4 Å². The van der Waals surface area contributed by atoms with Crippen molar-refractivity contribution in [1.82, 2.24) is 14.4 Å². The van der Waals surface area contributed by atoms with Crippen LogP contribution in [0.2, 0.25) is 0 Å². The standard InChI is InChI=1S/C18H18FN3O3S/c1-22(26(23,24)13-14-7-3-2-4-8-14)12-11-17-20-18(25-21-17)15-9-5-6-10-16(15)19/h2-10H,11-13H2,1H3. The van der Waals surface area contributed by atoms with Gasteiger partial charge in [-0.25, -0.2) is 17.1 Å². The summed E-state index contributed by atoms with van der Waals surface area (Å²) in [6.45, 7) is 0.200. The molecule has 26 heavy (non-hydrogen) atoms. The quantitative estimate of drug-likeness (QED) is 0.635. The summed E-state index contributed by atoms with van der Waals surface area (Å²) >= 11 is 0. The summed E-state index contributed by atoms with van der Waals surface area (Å²) in [5.74, 6) is -0.125. The van der Waals surface area contributed by atoms with Crippen LogP contribution in [0, 0.1) is 5.82 Å². The van der Waals surface area contributed by atoms with E-state index < -0.39 is 15.8 Å². The van der Waals surface area contributed by atoms with Gasteiger partial charge in [-0.3, -0.25) is 0 Å². The molecule has 0 amide bonds. The monoisotopic (exact) mass is 375 g/mol. The maximum absolute atomic E-state index is 13.7. The first-order valence-electron chi connectivity index (χ1n) is 8.01. The van der Waals surface area contributed by atoms with E-state index in [0.29, 0.717) is 5.82 Å². The fourth-order valence-corrected chi connectivity index (χ4v) is 3.59. The lowest BCUT2D eigenvalue weighted by atomic mass is 10.2. The molecule has 0 aliphatic rings. The molecule has 0 saturated carbocycles. The maximum atomic E-state index is 13.7. The molecule has 136 valence electrons. The predicted molar refractivity (Wildman–Crippen MR) is 95.1 cm³/mol. The van der Waals surface area contributed by atoms with Gasteiger partial charge in [-0.1, -0.05) is 47.6 Å². The summed E-state index contributed by atoms with van der Waals surface area (Å²) in [4.78, 5) is 4.14. The van der Waals surface area contributed by atoms with Crippen LogP contribution in [0.5, 0.6) is 0 Å². The van der Waals surface area contributed by atoms with Crippen LogP contribution in [0.15, 0.2) is 59.1 Å². The number of nitrogens with zero attached hydrogens (tertiary/aromatic N) is 3. The first-order valence-corrected chi connectivity index (χ1v) is 9.62. The molecule has 6 nitrogen and oxygen atoms in total. The van der Waals surface area contributed by atoms with Crippen LogP contribution >= 0.6 is 0 Å². The summed E-state index contributed by atoms with van der Waals surface area (Å²) in [6, 6.07) is 15.1. The number of hydrogen-bond donors (Lipinski definition) is 0. The van der Waals surface area contributed by atoms with Crippen molar-refractivity contribution in [3.05, 3.63) is 71.8 Å². The highest BCUT2D eigenvalue weighted by atomic mass is 32.2. The first-order chi connectivity index (χ1) is 12.5. The smallest absolute Gasteiger partial charge is 0.260 e. The van der Waals surface area contributed by atoms with E-state index in [0.717, 1.165) is 5.56 Å². The largest absolute Gasteiger partial charge is 0.334 e. The Bertz CT molecular complexity index is 974. The Kier molecular flexibility index (Phi) is 5.43. The van der Waals surface area contributed by atoms with Crippen molar-refractivity contribution in [2.75, 3.05) is 13.6 Å². The second-order valence-electron chi connectivity index (χ2n) is 5.81. The molecular weight excluding hydrogens is 357 g/mol. The van der Waals surface area contributed by atoms with Crippen molar-refractivity contribution >= 4 is 10.0 Å². The Hall–Kier alpha value is -2.58. The number of sulfonamides is 1. The van der Waals surface area contributed by atoms with Gasteiger partial charge in [-0.05, 0) is 17.7 Å². The van der Waals surface area contributed by atoms with Crippen LogP contribution in [0.3, 0.4) is 0 Å². The third kappa shape index (κ3) is 4.33. The van der Waals surface area contributed by atoms with Gasteiger partial charge in [-0.2, -0.15) is 4.98 Å². The Morgan fingerprint density at radius 3 is 2.50 bits per heavy atom. The Labute approximate surface area is 151 Å². The maximum Gasteiger partial charge on any atom is 0.260 e. The van der Waals surface area contributed by atoms with Crippen LogP contribution in [-0.2, 0) is 22.2 Å². The van der Waals surface area contributed by atoms with Crippen LogP contribution in [-0.4, -0.2) is 36.5 Å². The van der Waals surface area contributed by atoms with Gasteiger partial charge >= 0.3 is 0 Å². The molecule has 3 aromatic rings. The molecule has 0 aliphatic heterocycles. The topological polar surface area (TPSA) is 76.3 Å². The summed E-state index contributed by atoms with van der Waals surface area (Å²) in [5, 5.41) is 3.80. The number of halogens is 1. The molecule has 0 saturated heterocycles. The predicted octanol–water partition coefficient (Wildman–Crippen LogP) is 2.88. The highest BCUT2D eigenvalue weighted by Crippen LogP contribution is 2.20. The van der Waals surface area contributed by atoms with Gasteiger partial charge in [0, 0.05) is 20.0 Å². The van der Waals surface area contributed by atoms with Crippen LogP contribution in [0.4, 0.5) is 4.39 Å². The number of benzene rings is 2. The van der Waals surface area contributed by atoms with E-state index in [1.54, 1.807) is 42.5 Å². The number of likely N-dealkylation sites (N-methyl/N-ethyl adjacent to an activating group) is 1. The van der Waals surface area contributed by atoms with Crippen molar-refractivity contribution in [1.29, 1.82) is 0 Å². The molecule has 0 aliphatic carbocycles. The second-order valence-corrected chi connectivity index (χ2v) is 7.88. The molecule has 0 fully saturated rings. The zero-order valence-corrected chi connectivity index (χ0v) is 15.0. The average molecular weight is 375 g/mol. The third-order valence-corrected chi connectivity index (χ3v) is 5.72. The highest BCUT2D eigenvalue weighted by Gasteiger charge is 2.20. The Balaban J connectivity index is 1.63. The van der Waals surface area contributed by atoms with Crippen molar-refractivity contribution in [3.8, 4) is 11.5 Å². The second kappa shape index (κ2) is 7.76. The van der Waals surface area contributed by atoms with Crippen molar-refractivity contribution in [2.45, 2.75) is 12.2 Å². The van der Waals surface area contributed by atoms with Gasteiger partial charge in [0.1, 0.15) is 5.82 Å². The number of hydrogen-bond acceptors (Lipinski definition) is 5. The fourth-order valence-electron chi connectivity index (χ4n) is 2.39. The normalized spacial score (nSPS) is 11.8. The molecule has 8 heteroatoms. The van der Waals surface area contributed by atoms with Gasteiger partial charge in [-0.15, -0.1) is 0 Å². The zero-order chi connectivity index (χ0) is 18.6. The molecule has 0 spiro atoms. The van der Waals surface area contributed by atoms with Crippen molar-refractivity contribution in [3.63, 3.8) is 0 Å². The van der Waals surface area contributed by atoms with Crippen LogP contribution in [0.25, 0.3) is 11.5 Å². The lowest BCUT2D eigenvalue weighted by Crippen LogP contribution is -2.30. The van der Waals surface area contributed by atoms with Gasteiger partial charge in [0.15, 0.2) is 5.82 Å². The Morgan fingerprint density at radius 1 is 1.08 bits per heavy atom. The number of aromatic nitrogens is 2. The van der Waals surface area contributed by atoms with Crippen molar-refractivity contribution < 1.29 is 17.3 Å². The minimum absolute atomic E-state index is 0.0724. The van der Waals surface area contributed by atoms with Gasteiger partial charge in [0.25, 0.3) is 5.89 Å². The lowest BCUT2D eigenvalue weighted by Gasteiger charge is -2.16. The average Bonchev–Trinajstić information content (AvgIpc) is 3.09. The summed E-state index contributed by atoms with van der Waals surface area (Å²) in [7, 11) is -1.94. The van der Waals surface area contributed by atoms with E-state index >= 15 is 0 Å². The van der Waals surface area contributed by atoms with E-state index in [-0.39, 0.29) is 30.2 Å². The SMILES string of the molecule is CN(CCc1noc(-c2ccccc2F)n1)S(=O)(=O)Cc1ccccc1. The Morgan fingerprint density at radius 2 is 1.77 bits per heavy atom. The third-order valence-electron chi connectivity index (χ3n) is 3.89. The van der Waals surface area contributed by atoms with E-state index in [9.17, 15) is 12.8 Å². The molecule has 0 atom stereocenters. The summed E-state index contributed by atoms with van der Waals surface area (Å²) in [6.07, 6.45) is 0.266. The molecule has 1 aromatic heterocycles. The number of rotatable bonds is 7. The minimum atomic E-state index is -3.45. The molecule has 0 radical (unpaired) electrons. The molecule has 0 bridgehead atoms. The van der Waals surface area contributed by atoms with E-state index in [1.807, 2.05) is 6.07 Å². The summed E-state index contributed by atoms with van der Waals surface area (Å²) in [5.41, 5.74) is 0.942. The lowest BCUT2D eigenvalue weighted by molar-refractivity contribution is 0.413. The molecule has 0 N–H and O–H groups in total. The van der Waals surface area contributed by atoms with Gasteiger partial charge < -0.3 is 4.52 Å². The fraction of sp³-hybridized carbons (Fsp3) is 0.222. The first kappa shape index (κ1) is 18.2. The molecule has 0 unspecified atom stereocenters. The van der Waals surface area contributed by atoms with E-state index in [1.165, 1.54) is 17.4 Å². The van der Waals surface area contributed by atoms with E-state index in [2.05, 4.69) is 10.1 Å². The molecule has 3 rings (SSSR count). The van der Waals surface area contributed by atoms with Crippen LogP contribution < -0.4 is 0 Å². The molecule has 2 aromatic carbocycles. The van der Waals surface area contributed by atoms with Gasteiger partial charge in [0.2, 0.25) is 10.0 Å². The minimum Gasteiger partial charge on any atom is -0.334 e. The summed E-state index contributed by atoms with van der Waals surface area (Å²) < 4.78 is 44.9. The molecular formula is C18H18FN3O3S. The zero-order valence-electron chi connectivity index (χ0n) is 14.2.